The third kappa shape index (κ3) is 11.2. The summed E-state index contributed by atoms with van der Waals surface area (Å²) < 4.78 is 5.48. The van der Waals surface area contributed by atoms with Crippen LogP contribution in [-0.4, -0.2) is 41.0 Å². The quantitative estimate of drug-likeness (QED) is 0.241. The first-order valence-corrected chi connectivity index (χ1v) is 15.0. The number of carbonyl (C=O) groups excluding carboxylic acids is 3. The van der Waals surface area contributed by atoms with Gasteiger partial charge in [-0.3, -0.25) is 9.59 Å². The van der Waals surface area contributed by atoms with Gasteiger partial charge in [-0.1, -0.05) is 95.0 Å². The molecule has 0 saturated carbocycles. The van der Waals surface area contributed by atoms with Crippen molar-refractivity contribution in [3.63, 3.8) is 0 Å². The molecule has 0 aromatic heterocycles. The van der Waals surface area contributed by atoms with Crippen molar-refractivity contribution in [3.05, 3.63) is 70.8 Å². The van der Waals surface area contributed by atoms with Crippen LogP contribution in [0.4, 0.5) is 4.79 Å². The molecule has 0 heterocycles. The number of carbonyl (C=O) groups is 3. The molecule has 0 spiro atoms. The monoisotopic (exact) mass is 565 g/mol. The molecule has 2 N–H and O–H groups in total. The van der Waals surface area contributed by atoms with Crippen LogP contribution in [0.15, 0.2) is 48.5 Å². The Labute approximate surface area is 247 Å². The van der Waals surface area contributed by atoms with Crippen molar-refractivity contribution in [1.82, 2.24) is 15.5 Å². The minimum atomic E-state index is -0.850. The van der Waals surface area contributed by atoms with E-state index in [1.165, 1.54) is 0 Å². The van der Waals surface area contributed by atoms with E-state index in [2.05, 4.69) is 17.6 Å². The Morgan fingerprint density at radius 3 is 2.15 bits per heavy atom. The van der Waals surface area contributed by atoms with Gasteiger partial charge in [0.1, 0.15) is 17.7 Å². The van der Waals surface area contributed by atoms with Crippen LogP contribution in [0.2, 0.25) is 0 Å². The highest BCUT2D eigenvalue weighted by molar-refractivity contribution is 5.92. The number of amides is 3. The number of nitrogens with one attached hydrogen (secondary N) is 2. The summed E-state index contributed by atoms with van der Waals surface area (Å²) in [6, 6.07) is 13.9. The predicted molar refractivity (Wildman–Crippen MR) is 165 cm³/mol. The van der Waals surface area contributed by atoms with Crippen LogP contribution in [0.1, 0.15) is 102 Å². The maximum atomic E-state index is 14.3. The van der Waals surface area contributed by atoms with E-state index in [1.807, 2.05) is 76.2 Å². The predicted octanol–water partition coefficient (Wildman–Crippen LogP) is 7.01. The van der Waals surface area contributed by atoms with Crippen LogP contribution < -0.4 is 10.6 Å². The second kappa shape index (κ2) is 16.2. The second-order valence-electron chi connectivity index (χ2n) is 12.3. The zero-order chi connectivity index (χ0) is 30.6. The van der Waals surface area contributed by atoms with Crippen molar-refractivity contribution in [3.8, 4) is 0 Å². The summed E-state index contributed by atoms with van der Waals surface area (Å²) in [6.45, 7) is 16.1. The van der Waals surface area contributed by atoms with Crippen LogP contribution >= 0.6 is 0 Å². The average molecular weight is 566 g/mol. The second-order valence-corrected chi connectivity index (χ2v) is 12.3. The molecule has 41 heavy (non-hydrogen) atoms. The molecule has 0 aliphatic heterocycles. The molecular formula is C34H51N3O4. The molecular weight excluding hydrogens is 514 g/mol. The van der Waals surface area contributed by atoms with Crippen LogP contribution in [-0.2, 0) is 20.9 Å². The number of alkyl carbamates (subject to hydrolysis) is 1. The van der Waals surface area contributed by atoms with Crippen molar-refractivity contribution in [2.45, 2.75) is 112 Å². The first-order valence-electron chi connectivity index (χ1n) is 15.0. The minimum Gasteiger partial charge on any atom is -0.444 e. The summed E-state index contributed by atoms with van der Waals surface area (Å²) in [5.74, 6) is -0.761. The Morgan fingerprint density at radius 1 is 0.902 bits per heavy atom. The lowest BCUT2D eigenvalue weighted by molar-refractivity contribution is -0.143. The minimum absolute atomic E-state index is 0.217. The van der Waals surface area contributed by atoms with Crippen LogP contribution in [0, 0.1) is 19.8 Å². The van der Waals surface area contributed by atoms with Crippen LogP contribution in [0.3, 0.4) is 0 Å². The Bertz CT molecular complexity index is 1120. The van der Waals surface area contributed by atoms with Gasteiger partial charge in [0.25, 0.3) is 0 Å². The van der Waals surface area contributed by atoms with E-state index >= 15 is 0 Å². The highest BCUT2D eigenvalue weighted by atomic mass is 16.6. The fraction of sp³-hybridized carbons (Fsp3) is 0.559. The number of hydrogen-bond donors (Lipinski definition) is 2. The van der Waals surface area contributed by atoms with Gasteiger partial charge in [-0.25, -0.2) is 4.79 Å². The van der Waals surface area contributed by atoms with Gasteiger partial charge in [-0.05, 0) is 69.2 Å². The number of hydrogen-bond acceptors (Lipinski definition) is 4. The molecule has 2 rings (SSSR count). The van der Waals surface area contributed by atoms with Crippen molar-refractivity contribution in [1.29, 1.82) is 0 Å². The average Bonchev–Trinajstić information content (AvgIpc) is 2.90. The maximum Gasteiger partial charge on any atom is 0.408 e. The number of nitrogens with zero attached hydrogens (tertiary/aromatic N) is 1. The third-order valence-corrected chi connectivity index (χ3v) is 7.11. The lowest BCUT2D eigenvalue weighted by atomic mass is 9.96. The Balaban J connectivity index is 2.48. The van der Waals surface area contributed by atoms with Gasteiger partial charge in [0.2, 0.25) is 11.8 Å². The molecule has 0 aliphatic carbocycles. The molecule has 2 atom stereocenters. The van der Waals surface area contributed by atoms with E-state index in [0.29, 0.717) is 13.1 Å². The van der Waals surface area contributed by atoms with Gasteiger partial charge >= 0.3 is 6.09 Å². The van der Waals surface area contributed by atoms with Crippen molar-refractivity contribution < 1.29 is 19.1 Å². The maximum absolute atomic E-state index is 14.3. The zero-order valence-electron chi connectivity index (χ0n) is 26.4. The van der Waals surface area contributed by atoms with E-state index in [-0.39, 0.29) is 17.7 Å². The molecule has 2 aromatic carbocycles. The number of aryl methyl sites for hydroxylation is 2. The number of ether oxygens (including phenoxy) is 1. The Morgan fingerprint density at radius 2 is 1.56 bits per heavy atom. The van der Waals surface area contributed by atoms with E-state index < -0.39 is 23.8 Å². The van der Waals surface area contributed by atoms with Gasteiger partial charge < -0.3 is 20.3 Å². The smallest absolute Gasteiger partial charge is 0.408 e. The molecule has 0 bridgehead atoms. The lowest BCUT2D eigenvalue weighted by Gasteiger charge is -2.36. The van der Waals surface area contributed by atoms with E-state index in [1.54, 1.807) is 25.7 Å². The summed E-state index contributed by atoms with van der Waals surface area (Å²) in [4.78, 5) is 42.7. The molecule has 2 unspecified atom stereocenters. The molecule has 0 saturated heterocycles. The van der Waals surface area contributed by atoms with Gasteiger partial charge in [0.05, 0.1) is 0 Å². The first-order chi connectivity index (χ1) is 19.3. The molecule has 226 valence electrons. The fourth-order valence-electron chi connectivity index (χ4n) is 4.67. The highest BCUT2D eigenvalue weighted by Gasteiger charge is 2.37. The van der Waals surface area contributed by atoms with Crippen LogP contribution in [0.25, 0.3) is 0 Å². The summed E-state index contributed by atoms with van der Waals surface area (Å²) in [5.41, 5.74) is 3.18. The normalized spacial score (nSPS) is 12.9. The molecule has 7 heteroatoms. The number of rotatable bonds is 14. The van der Waals surface area contributed by atoms with Crippen molar-refractivity contribution in [2.75, 3.05) is 6.54 Å². The molecule has 0 radical (unpaired) electrons. The molecule has 2 aromatic rings. The summed E-state index contributed by atoms with van der Waals surface area (Å²) in [7, 11) is 0. The molecule has 0 aliphatic rings. The topological polar surface area (TPSA) is 87.7 Å². The van der Waals surface area contributed by atoms with Crippen molar-refractivity contribution in [2.24, 2.45) is 5.92 Å². The van der Waals surface area contributed by atoms with E-state index in [9.17, 15) is 14.4 Å². The summed E-state index contributed by atoms with van der Waals surface area (Å²) in [5, 5.41) is 5.88. The third-order valence-electron chi connectivity index (χ3n) is 7.11. The SMILES string of the molecule is CCCCCCCN(C(=O)C(NC(=O)OC(C)(C)C)C(C)C)C(C(=O)NCc1ccccc1)c1ccc(C)c(C)c1. The van der Waals surface area contributed by atoms with Gasteiger partial charge in [0, 0.05) is 13.1 Å². The van der Waals surface area contributed by atoms with Gasteiger partial charge in [-0.2, -0.15) is 0 Å². The number of benzene rings is 2. The van der Waals surface area contributed by atoms with E-state index in [0.717, 1.165) is 54.4 Å². The largest absolute Gasteiger partial charge is 0.444 e. The Kier molecular flexibility index (Phi) is 13.4. The molecule has 7 nitrogen and oxygen atoms in total. The zero-order valence-corrected chi connectivity index (χ0v) is 26.4. The van der Waals surface area contributed by atoms with Gasteiger partial charge in [0.15, 0.2) is 0 Å². The summed E-state index contributed by atoms with van der Waals surface area (Å²) in [6.07, 6.45) is 4.37. The van der Waals surface area contributed by atoms with Gasteiger partial charge in [-0.15, -0.1) is 0 Å². The van der Waals surface area contributed by atoms with Crippen molar-refractivity contribution >= 4 is 17.9 Å². The highest BCUT2D eigenvalue weighted by Crippen LogP contribution is 2.27. The standard InChI is InChI=1S/C34H51N3O4/c1-9-10-11-12-16-21-37(32(39)29(24(2)3)36-33(40)41-34(6,7)8)30(28-20-19-25(4)26(5)22-28)31(38)35-23-27-17-14-13-15-18-27/h13-15,17-20,22,24,29-30H,9-12,16,21,23H2,1-8H3,(H,35,38)(H,36,40). The number of unbranched alkanes of at least 4 members (excludes halogenated alkanes) is 4. The summed E-state index contributed by atoms with van der Waals surface area (Å²) >= 11 is 0. The van der Waals surface area contributed by atoms with Crippen LogP contribution in [0.5, 0.6) is 0 Å². The fourth-order valence-corrected chi connectivity index (χ4v) is 4.67. The Hall–Kier alpha value is -3.35. The molecule has 3 amide bonds. The first kappa shape index (κ1) is 33.9. The molecule has 0 fully saturated rings. The van der Waals surface area contributed by atoms with E-state index in [4.69, 9.17) is 4.74 Å². The lowest BCUT2D eigenvalue weighted by Crippen LogP contribution is -2.55.